The van der Waals surface area contributed by atoms with Crippen molar-refractivity contribution < 1.29 is 4.79 Å². The van der Waals surface area contributed by atoms with Crippen molar-refractivity contribution >= 4 is 40.0 Å². The van der Waals surface area contributed by atoms with Crippen molar-refractivity contribution in [3.05, 3.63) is 0 Å². The number of nitrogens with two attached hydrogens (primary N) is 1. The van der Waals surface area contributed by atoms with Crippen LogP contribution in [-0.2, 0) is 4.79 Å². The molecule has 0 saturated carbocycles. The molecule has 5 nitrogen and oxygen atoms in total. The molecular formula is C11H18N4OS2. The van der Waals surface area contributed by atoms with Crippen molar-refractivity contribution in [2.24, 2.45) is 0 Å². The Balaban J connectivity index is 1.79. The van der Waals surface area contributed by atoms with Gasteiger partial charge in [-0.25, -0.2) is 0 Å². The number of thioether (sulfide) groups is 1. The number of hydrogen-bond acceptors (Lipinski definition) is 6. The van der Waals surface area contributed by atoms with Gasteiger partial charge in [0.05, 0.1) is 4.90 Å². The number of likely N-dealkylation sites (tertiary alicyclic amines) is 1. The van der Waals surface area contributed by atoms with Gasteiger partial charge in [0, 0.05) is 26.1 Å². The lowest BCUT2D eigenvalue weighted by Gasteiger charge is -2.15. The van der Waals surface area contributed by atoms with Crippen LogP contribution < -0.4 is 11.1 Å². The molecule has 0 aromatic carbocycles. The van der Waals surface area contributed by atoms with Crippen molar-refractivity contribution in [2.75, 3.05) is 36.9 Å². The average molecular weight is 286 g/mol. The zero-order valence-electron chi connectivity index (χ0n) is 10.4. The second kappa shape index (κ2) is 6.29. The maximum absolute atomic E-state index is 11.8. The van der Waals surface area contributed by atoms with Crippen molar-refractivity contribution in [3.63, 3.8) is 0 Å². The molecule has 100 valence electrons. The summed E-state index contributed by atoms with van der Waals surface area (Å²) in [6.45, 7) is 2.48. The maximum Gasteiger partial charge on any atom is 0.224 e. The van der Waals surface area contributed by atoms with Gasteiger partial charge in [-0.05, 0) is 30.6 Å². The van der Waals surface area contributed by atoms with Crippen LogP contribution in [0.25, 0.3) is 0 Å². The fraction of sp³-hybridized carbons (Fsp3) is 0.636. The van der Waals surface area contributed by atoms with Crippen LogP contribution in [0.2, 0.25) is 0 Å². The molecule has 1 aromatic rings. The highest BCUT2D eigenvalue weighted by Gasteiger charge is 2.17. The first kappa shape index (κ1) is 13.5. The minimum Gasteiger partial charge on any atom is -0.382 e. The number of aromatic nitrogens is 1. The Bertz CT molecular complexity index is 415. The molecule has 1 aliphatic heterocycles. The molecule has 1 fully saturated rings. The molecule has 18 heavy (non-hydrogen) atoms. The summed E-state index contributed by atoms with van der Waals surface area (Å²) in [5.74, 6) is 0.809. The number of anilines is 2. The van der Waals surface area contributed by atoms with E-state index in [0.29, 0.717) is 18.8 Å². The molecular weight excluding hydrogens is 268 g/mol. The van der Waals surface area contributed by atoms with Gasteiger partial charge in [-0.3, -0.25) is 4.79 Å². The third kappa shape index (κ3) is 3.08. The second-order valence-electron chi connectivity index (χ2n) is 4.19. The van der Waals surface area contributed by atoms with E-state index in [4.69, 9.17) is 5.73 Å². The number of nitrogens with zero attached hydrogens (tertiary/aromatic N) is 2. The van der Waals surface area contributed by atoms with Gasteiger partial charge in [0.2, 0.25) is 5.91 Å². The van der Waals surface area contributed by atoms with Gasteiger partial charge in [-0.15, -0.1) is 11.8 Å². The summed E-state index contributed by atoms with van der Waals surface area (Å²) in [4.78, 5) is 14.8. The Morgan fingerprint density at radius 3 is 2.94 bits per heavy atom. The SMILES string of the molecule is CSc1c(N)nsc1NCCC(=O)N1CCCC1. The van der Waals surface area contributed by atoms with Crippen molar-refractivity contribution in [1.82, 2.24) is 9.27 Å². The number of carbonyl (C=O) groups is 1. The molecule has 1 amide bonds. The molecule has 1 saturated heterocycles. The monoisotopic (exact) mass is 286 g/mol. The number of amides is 1. The zero-order chi connectivity index (χ0) is 13.0. The quantitative estimate of drug-likeness (QED) is 0.809. The molecule has 0 radical (unpaired) electrons. The first-order chi connectivity index (χ1) is 8.72. The van der Waals surface area contributed by atoms with E-state index >= 15 is 0 Å². The summed E-state index contributed by atoms with van der Waals surface area (Å²) >= 11 is 2.93. The standard InChI is InChI=1S/C11H18N4OS2/c1-17-9-10(12)14-18-11(9)13-5-4-8(16)15-6-2-3-7-15/h13H,2-7H2,1H3,(H2,12,14). The summed E-state index contributed by atoms with van der Waals surface area (Å²) in [7, 11) is 0. The molecule has 1 aliphatic rings. The molecule has 0 aliphatic carbocycles. The summed E-state index contributed by atoms with van der Waals surface area (Å²) in [6, 6.07) is 0. The van der Waals surface area contributed by atoms with Gasteiger partial charge in [0.1, 0.15) is 5.00 Å². The minimum absolute atomic E-state index is 0.239. The van der Waals surface area contributed by atoms with Crippen LogP contribution in [0.4, 0.5) is 10.8 Å². The van der Waals surface area contributed by atoms with Gasteiger partial charge in [-0.2, -0.15) is 4.37 Å². The number of hydrogen-bond donors (Lipinski definition) is 2. The van der Waals surface area contributed by atoms with Crippen LogP contribution in [-0.4, -0.2) is 41.1 Å². The topological polar surface area (TPSA) is 71.2 Å². The third-order valence-electron chi connectivity index (χ3n) is 2.96. The molecule has 0 spiro atoms. The fourth-order valence-electron chi connectivity index (χ4n) is 2.01. The van der Waals surface area contributed by atoms with Crippen LogP contribution in [0.3, 0.4) is 0 Å². The smallest absolute Gasteiger partial charge is 0.224 e. The minimum atomic E-state index is 0.239. The normalized spacial score (nSPS) is 15.1. The first-order valence-electron chi connectivity index (χ1n) is 6.03. The first-order valence-corrected chi connectivity index (χ1v) is 8.03. The maximum atomic E-state index is 11.8. The van der Waals surface area contributed by atoms with Gasteiger partial charge in [0.15, 0.2) is 5.82 Å². The summed E-state index contributed by atoms with van der Waals surface area (Å²) in [5, 5.41) is 4.21. The Hall–Kier alpha value is -0.950. The largest absolute Gasteiger partial charge is 0.382 e. The zero-order valence-corrected chi connectivity index (χ0v) is 12.1. The van der Waals surface area contributed by atoms with Gasteiger partial charge in [-0.1, -0.05) is 0 Å². The van der Waals surface area contributed by atoms with Crippen LogP contribution >= 0.6 is 23.3 Å². The van der Waals surface area contributed by atoms with Crippen LogP contribution in [0.5, 0.6) is 0 Å². The fourth-order valence-corrected chi connectivity index (χ4v) is 3.58. The van der Waals surface area contributed by atoms with Crippen LogP contribution in [0.15, 0.2) is 4.90 Å². The van der Waals surface area contributed by atoms with E-state index < -0.39 is 0 Å². The number of rotatable bonds is 5. The second-order valence-corrected chi connectivity index (χ2v) is 5.78. The molecule has 7 heteroatoms. The molecule has 2 heterocycles. The summed E-state index contributed by atoms with van der Waals surface area (Å²) in [5.41, 5.74) is 5.75. The molecule has 0 bridgehead atoms. The number of carbonyl (C=O) groups excluding carboxylic acids is 1. The van der Waals surface area contributed by atoms with E-state index in [0.717, 1.165) is 35.8 Å². The molecule has 2 rings (SSSR count). The van der Waals surface area contributed by atoms with E-state index in [1.54, 1.807) is 11.8 Å². The Kier molecular flexibility index (Phi) is 4.71. The predicted molar refractivity (Wildman–Crippen MR) is 77.2 cm³/mol. The van der Waals surface area contributed by atoms with Crippen molar-refractivity contribution in [2.45, 2.75) is 24.2 Å². The summed E-state index contributed by atoms with van der Waals surface area (Å²) in [6.07, 6.45) is 4.79. The molecule has 0 unspecified atom stereocenters. The van der Waals surface area contributed by atoms with Crippen LogP contribution in [0, 0.1) is 0 Å². The van der Waals surface area contributed by atoms with E-state index in [9.17, 15) is 4.79 Å². The van der Waals surface area contributed by atoms with E-state index in [2.05, 4.69) is 9.69 Å². The lowest BCUT2D eigenvalue weighted by molar-refractivity contribution is -0.129. The lowest BCUT2D eigenvalue weighted by Crippen LogP contribution is -2.29. The number of nitrogen functional groups attached to an aromatic ring is 1. The van der Waals surface area contributed by atoms with Crippen molar-refractivity contribution in [1.29, 1.82) is 0 Å². The average Bonchev–Trinajstić information content (AvgIpc) is 2.99. The van der Waals surface area contributed by atoms with Crippen LogP contribution in [0.1, 0.15) is 19.3 Å². The highest BCUT2D eigenvalue weighted by molar-refractivity contribution is 7.99. The Morgan fingerprint density at radius 2 is 2.28 bits per heavy atom. The van der Waals surface area contributed by atoms with E-state index in [1.807, 2.05) is 11.2 Å². The highest BCUT2D eigenvalue weighted by Crippen LogP contribution is 2.34. The Labute approximate surface area is 115 Å². The van der Waals surface area contributed by atoms with Gasteiger partial charge >= 0.3 is 0 Å². The van der Waals surface area contributed by atoms with Gasteiger partial charge in [0.25, 0.3) is 0 Å². The van der Waals surface area contributed by atoms with E-state index in [1.165, 1.54) is 11.5 Å². The predicted octanol–water partition coefficient (Wildman–Crippen LogP) is 1.87. The molecule has 3 N–H and O–H groups in total. The van der Waals surface area contributed by atoms with Crippen molar-refractivity contribution in [3.8, 4) is 0 Å². The molecule has 0 atom stereocenters. The highest BCUT2D eigenvalue weighted by atomic mass is 32.2. The summed E-state index contributed by atoms with van der Waals surface area (Å²) < 4.78 is 4.10. The number of nitrogens with one attached hydrogen (secondary N) is 1. The van der Waals surface area contributed by atoms with E-state index in [-0.39, 0.29) is 5.91 Å². The van der Waals surface area contributed by atoms with Gasteiger partial charge < -0.3 is 16.0 Å². The lowest BCUT2D eigenvalue weighted by atomic mass is 10.3. The third-order valence-corrected chi connectivity index (χ3v) is 4.73. The Morgan fingerprint density at radius 1 is 1.56 bits per heavy atom. The molecule has 1 aromatic heterocycles.